The van der Waals surface area contributed by atoms with E-state index >= 15 is 0 Å². The maximum absolute atomic E-state index is 11.3. The van der Waals surface area contributed by atoms with Crippen LogP contribution in [0.4, 0.5) is 5.69 Å². The molecule has 1 atom stereocenters. The van der Waals surface area contributed by atoms with Crippen LogP contribution in [0.2, 0.25) is 0 Å². The van der Waals surface area contributed by atoms with E-state index in [0.717, 1.165) is 0 Å². The van der Waals surface area contributed by atoms with Gasteiger partial charge in [0.1, 0.15) is 5.75 Å². The number of nitro groups is 1. The lowest BCUT2D eigenvalue weighted by atomic mass is 10.3. The number of nitro benzene ring substituents is 1. The third-order valence-corrected chi connectivity index (χ3v) is 1.98. The average molecular weight is 239 g/mol. The van der Waals surface area contributed by atoms with Gasteiger partial charge < -0.3 is 9.47 Å². The van der Waals surface area contributed by atoms with Gasteiger partial charge in [-0.05, 0) is 26.0 Å². The van der Waals surface area contributed by atoms with E-state index in [1.807, 2.05) is 0 Å². The standard InChI is InChI=1S/C11H13NO5/c1-3-16-11(13)8(2)17-10-6-4-9(5-7-10)12(14)15/h4-8H,3H2,1-2H3/t8-/m1/s1. The normalized spacial score (nSPS) is 11.6. The van der Waals surface area contributed by atoms with Gasteiger partial charge in [-0.25, -0.2) is 4.79 Å². The predicted octanol–water partition coefficient (Wildman–Crippen LogP) is 1.93. The molecular weight excluding hydrogens is 226 g/mol. The second-order valence-electron chi connectivity index (χ2n) is 3.26. The lowest BCUT2D eigenvalue weighted by Crippen LogP contribution is -2.25. The molecule has 6 heteroatoms. The van der Waals surface area contributed by atoms with Crippen molar-refractivity contribution in [2.24, 2.45) is 0 Å². The zero-order chi connectivity index (χ0) is 12.8. The lowest BCUT2D eigenvalue weighted by molar-refractivity contribution is -0.384. The largest absolute Gasteiger partial charge is 0.479 e. The molecule has 0 unspecified atom stereocenters. The Morgan fingerprint density at radius 3 is 2.47 bits per heavy atom. The number of esters is 1. The number of rotatable bonds is 5. The highest BCUT2D eigenvalue weighted by Gasteiger charge is 2.16. The monoisotopic (exact) mass is 239 g/mol. The summed E-state index contributed by atoms with van der Waals surface area (Å²) in [5.74, 6) is -0.0815. The summed E-state index contributed by atoms with van der Waals surface area (Å²) in [5, 5.41) is 10.4. The highest BCUT2D eigenvalue weighted by molar-refractivity contribution is 5.74. The van der Waals surface area contributed by atoms with Crippen molar-refractivity contribution in [3.8, 4) is 5.75 Å². The van der Waals surface area contributed by atoms with Crippen LogP contribution in [0.1, 0.15) is 13.8 Å². The molecule has 0 aliphatic heterocycles. The fourth-order valence-corrected chi connectivity index (χ4v) is 1.16. The van der Waals surface area contributed by atoms with Gasteiger partial charge in [-0.1, -0.05) is 0 Å². The quantitative estimate of drug-likeness (QED) is 0.445. The predicted molar refractivity (Wildman–Crippen MR) is 59.8 cm³/mol. The van der Waals surface area contributed by atoms with Crippen molar-refractivity contribution in [3.05, 3.63) is 34.4 Å². The van der Waals surface area contributed by atoms with Crippen LogP contribution in [0.15, 0.2) is 24.3 Å². The van der Waals surface area contributed by atoms with Crippen LogP contribution >= 0.6 is 0 Å². The zero-order valence-corrected chi connectivity index (χ0v) is 9.58. The molecule has 0 fully saturated rings. The molecule has 0 N–H and O–H groups in total. The first-order valence-electron chi connectivity index (χ1n) is 5.12. The van der Waals surface area contributed by atoms with Crippen molar-refractivity contribution in [1.29, 1.82) is 0 Å². The van der Waals surface area contributed by atoms with Crippen LogP contribution in [-0.4, -0.2) is 23.6 Å². The van der Waals surface area contributed by atoms with Gasteiger partial charge in [0.2, 0.25) is 0 Å². The minimum atomic E-state index is -0.739. The lowest BCUT2D eigenvalue weighted by Gasteiger charge is -2.12. The molecule has 0 aliphatic rings. The van der Waals surface area contributed by atoms with Crippen LogP contribution < -0.4 is 4.74 Å². The Bertz CT molecular complexity index is 401. The smallest absolute Gasteiger partial charge is 0.347 e. The number of hydrogen-bond acceptors (Lipinski definition) is 5. The molecule has 0 saturated carbocycles. The number of benzene rings is 1. The van der Waals surface area contributed by atoms with Gasteiger partial charge in [0.15, 0.2) is 6.10 Å². The third kappa shape index (κ3) is 3.75. The topological polar surface area (TPSA) is 78.7 Å². The van der Waals surface area contributed by atoms with Crippen molar-refractivity contribution < 1.29 is 19.2 Å². The first kappa shape index (κ1) is 13.0. The van der Waals surface area contributed by atoms with Gasteiger partial charge in [-0.2, -0.15) is 0 Å². The Labute approximate surface area is 98.3 Å². The van der Waals surface area contributed by atoms with Crippen LogP contribution in [-0.2, 0) is 9.53 Å². The minimum absolute atomic E-state index is 0.0267. The van der Waals surface area contributed by atoms with Crippen LogP contribution in [0.5, 0.6) is 5.75 Å². The maximum Gasteiger partial charge on any atom is 0.347 e. The van der Waals surface area contributed by atoms with Crippen molar-refractivity contribution in [3.63, 3.8) is 0 Å². The molecule has 0 radical (unpaired) electrons. The summed E-state index contributed by atoms with van der Waals surface area (Å²) in [6, 6.07) is 5.50. The Balaban J connectivity index is 2.63. The molecular formula is C11H13NO5. The summed E-state index contributed by atoms with van der Waals surface area (Å²) in [4.78, 5) is 21.2. The Morgan fingerprint density at radius 2 is 2.00 bits per heavy atom. The van der Waals surface area contributed by atoms with Crippen LogP contribution in [0.25, 0.3) is 0 Å². The number of ether oxygens (including phenoxy) is 2. The molecule has 92 valence electrons. The second kappa shape index (κ2) is 5.83. The SMILES string of the molecule is CCOC(=O)[C@@H](C)Oc1ccc([N+](=O)[O-])cc1. The summed E-state index contributed by atoms with van der Waals surface area (Å²) in [5.41, 5.74) is -0.0267. The molecule has 0 heterocycles. The van der Waals surface area contributed by atoms with E-state index in [0.29, 0.717) is 5.75 Å². The molecule has 1 aromatic rings. The van der Waals surface area contributed by atoms with Crippen molar-refractivity contribution in [2.45, 2.75) is 20.0 Å². The average Bonchev–Trinajstić information content (AvgIpc) is 2.30. The first-order valence-corrected chi connectivity index (χ1v) is 5.12. The fourth-order valence-electron chi connectivity index (χ4n) is 1.16. The number of nitrogens with zero attached hydrogens (tertiary/aromatic N) is 1. The van der Waals surface area contributed by atoms with Crippen LogP contribution in [0, 0.1) is 10.1 Å². The molecule has 0 aliphatic carbocycles. The van der Waals surface area contributed by atoms with Gasteiger partial charge in [0.25, 0.3) is 5.69 Å². The van der Waals surface area contributed by atoms with Crippen molar-refractivity contribution in [2.75, 3.05) is 6.61 Å². The van der Waals surface area contributed by atoms with E-state index < -0.39 is 17.0 Å². The van der Waals surface area contributed by atoms with Gasteiger partial charge in [0, 0.05) is 12.1 Å². The number of hydrogen-bond donors (Lipinski definition) is 0. The molecule has 0 saturated heterocycles. The highest BCUT2D eigenvalue weighted by Crippen LogP contribution is 2.18. The molecule has 17 heavy (non-hydrogen) atoms. The zero-order valence-electron chi connectivity index (χ0n) is 9.58. The number of non-ortho nitro benzene ring substituents is 1. The van der Waals surface area contributed by atoms with Crippen molar-refractivity contribution in [1.82, 2.24) is 0 Å². The molecule has 0 amide bonds. The Kier molecular flexibility index (Phi) is 4.45. The second-order valence-corrected chi connectivity index (χ2v) is 3.26. The van der Waals surface area contributed by atoms with E-state index in [1.165, 1.54) is 24.3 Å². The first-order chi connectivity index (χ1) is 8.04. The fraction of sp³-hybridized carbons (Fsp3) is 0.364. The van der Waals surface area contributed by atoms with Gasteiger partial charge in [-0.3, -0.25) is 10.1 Å². The van der Waals surface area contributed by atoms with Crippen molar-refractivity contribution >= 4 is 11.7 Å². The van der Waals surface area contributed by atoms with E-state index in [4.69, 9.17) is 9.47 Å². The molecule has 0 bridgehead atoms. The summed E-state index contributed by atoms with van der Waals surface area (Å²) in [6.07, 6.45) is -0.739. The number of carbonyl (C=O) groups excluding carboxylic acids is 1. The third-order valence-electron chi connectivity index (χ3n) is 1.98. The highest BCUT2D eigenvalue weighted by atomic mass is 16.6. The molecule has 6 nitrogen and oxygen atoms in total. The summed E-state index contributed by atoms with van der Waals surface area (Å²) >= 11 is 0. The maximum atomic E-state index is 11.3. The summed E-state index contributed by atoms with van der Waals surface area (Å²) in [7, 11) is 0. The number of carbonyl (C=O) groups is 1. The van der Waals surface area contributed by atoms with Gasteiger partial charge in [-0.15, -0.1) is 0 Å². The van der Waals surface area contributed by atoms with Gasteiger partial charge >= 0.3 is 5.97 Å². The van der Waals surface area contributed by atoms with E-state index in [2.05, 4.69) is 0 Å². The Morgan fingerprint density at radius 1 is 1.41 bits per heavy atom. The molecule has 1 rings (SSSR count). The molecule has 0 spiro atoms. The Hall–Kier alpha value is -2.11. The van der Waals surface area contributed by atoms with Crippen LogP contribution in [0.3, 0.4) is 0 Å². The van der Waals surface area contributed by atoms with Gasteiger partial charge in [0.05, 0.1) is 11.5 Å². The van der Waals surface area contributed by atoms with E-state index in [-0.39, 0.29) is 12.3 Å². The summed E-state index contributed by atoms with van der Waals surface area (Å²) in [6.45, 7) is 3.54. The minimum Gasteiger partial charge on any atom is -0.479 e. The summed E-state index contributed by atoms with van der Waals surface area (Å²) < 4.78 is 10.0. The molecule has 1 aromatic carbocycles. The van der Waals surface area contributed by atoms with E-state index in [9.17, 15) is 14.9 Å². The molecule has 0 aromatic heterocycles. The van der Waals surface area contributed by atoms with E-state index in [1.54, 1.807) is 13.8 Å².